The van der Waals surface area contributed by atoms with E-state index in [1.807, 2.05) is 26.8 Å². The first kappa shape index (κ1) is 17.0. The highest BCUT2D eigenvalue weighted by molar-refractivity contribution is 5.82. The van der Waals surface area contributed by atoms with Crippen LogP contribution in [0.5, 0.6) is 5.75 Å². The second-order valence-corrected chi connectivity index (χ2v) is 6.11. The fourth-order valence-corrected chi connectivity index (χ4v) is 1.79. The summed E-state index contributed by atoms with van der Waals surface area (Å²) >= 11 is 0. The Morgan fingerprint density at radius 3 is 2.67 bits per heavy atom. The minimum Gasteiger partial charge on any atom is -0.491 e. The van der Waals surface area contributed by atoms with Gasteiger partial charge in [0.1, 0.15) is 24.1 Å². The molecular weight excluding hydrogens is 271 g/mol. The Morgan fingerprint density at radius 2 is 2.14 bits per heavy atom. The van der Waals surface area contributed by atoms with Crippen molar-refractivity contribution in [2.45, 2.75) is 33.7 Å². The van der Waals surface area contributed by atoms with Crippen LogP contribution in [-0.2, 0) is 4.79 Å². The van der Waals surface area contributed by atoms with Crippen LogP contribution in [-0.4, -0.2) is 18.6 Å². The number of amides is 1. The van der Waals surface area contributed by atoms with Crippen molar-refractivity contribution < 1.29 is 13.9 Å². The van der Waals surface area contributed by atoms with Gasteiger partial charge in [-0.15, -0.1) is 0 Å². The number of carbonyl (C=O) groups excluding carboxylic acids is 1. The summed E-state index contributed by atoms with van der Waals surface area (Å²) in [5, 5.41) is 11.8. The molecule has 0 aliphatic rings. The van der Waals surface area contributed by atoms with Gasteiger partial charge in [0.15, 0.2) is 0 Å². The maximum absolute atomic E-state index is 13.0. The third-order valence-electron chi connectivity index (χ3n) is 2.94. The Morgan fingerprint density at radius 1 is 1.48 bits per heavy atom. The highest BCUT2D eigenvalue weighted by Crippen LogP contribution is 2.25. The normalized spacial score (nSPS) is 13.9. The molecule has 1 aromatic carbocycles. The molecule has 0 heterocycles. The molecule has 0 aliphatic carbocycles. The van der Waals surface area contributed by atoms with Crippen molar-refractivity contribution in [1.82, 2.24) is 5.32 Å². The van der Waals surface area contributed by atoms with Crippen molar-refractivity contribution in [2.24, 2.45) is 11.3 Å². The van der Waals surface area contributed by atoms with E-state index >= 15 is 0 Å². The standard InChI is InChI=1S/C16H21FN2O2/c1-11(10-21-13-7-5-6-12(17)8-13)19-15(20)14(9-18)16(2,3)4/h5-8,11,14H,10H2,1-4H3,(H,19,20)/t11-,14+/m0/s1. The maximum atomic E-state index is 13.0. The molecule has 0 aromatic heterocycles. The molecule has 0 unspecified atom stereocenters. The first-order valence-electron chi connectivity index (χ1n) is 6.82. The number of halogens is 1. The summed E-state index contributed by atoms with van der Waals surface area (Å²) in [6.07, 6.45) is 0. The first-order valence-corrected chi connectivity index (χ1v) is 6.82. The summed E-state index contributed by atoms with van der Waals surface area (Å²) in [5.74, 6) is -1.01. The molecule has 21 heavy (non-hydrogen) atoms. The molecule has 0 spiro atoms. The molecule has 114 valence electrons. The van der Waals surface area contributed by atoms with Crippen LogP contribution in [0, 0.1) is 28.5 Å². The molecule has 0 fully saturated rings. The summed E-state index contributed by atoms with van der Waals surface area (Å²) in [4.78, 5) is 12.0. The monoisotopic (exact) mass is 292 g/mol. The van der Waals surface area contributed by atoms with Crippen molar-refractivity contribution >= 4 is 5.91 Å². The van der Waals surface area contributed by atoms with E-state index in [1.165, 1.54) is 12.1 Å². The van der Waals surface area contributed by atoms with Crippen LogP contribution >= 0.6 is 0 Å². The van der Waals surface area contributed by atoms with Gasteiger partial charge in [-0.1, -0.05) is 26.8 Å². The lowest BCUT2D eigenvalue weighted by Crippen LogP contribution is -2.43. The van der Waals surface area contributed by atoms with Gasteiger partial charge in [-0.05, 0) is 24.5 Å². The molecule has 1 aromatic rings. The predicted octanol–water partition coefficient (Wildman–Crippen LogP) is 2.90. The zero-order valence-corrected chi connectivity index (χ0v) is 12.8. The van der Waals surface area contributed by atoms with Crippen LogP contribution in [0.1, 0.15) is 27.7 Å². The molecule has 1 N–H and O–H groups in total. The molecule has 0 saturated heterocycles. The smallest absolute Gasteiger partial charge is 0.238 e. The van der Waals surface area contributed by atoms with E-state index in [1.54, 1.807) is 19.1 Å². The molecule has 2 atom stereocenters. The van der Waals surface area contributed by atoms with Gasteiger partial charge in [0.25, 0.3) is 0 Å². The lowest BCUT2D eigenvalue weighted by Gasteiger charge is -2.25. The topological polar surface area (TPSA) is 62.1 Å². The molecule has 1 rings (SSSR count). The Kier molecular flexibility index (Phi) is 5.71. The molecular formula is C16H21FN2O2. The first-order chi connectivity index (χ1) is 9.74. The summed E-state index contributed by atoms with van der Waals surface area (Å²) in [5.41, 5.74) is -0.429. The number of rotatable bonds is 5. The van der Waals surface area contributed by atoms with Gasteiger partial charge in [-0.3, -0.25) is 4.79 Å². The van der Waals surface area contributed by atoms with Crippen molar-refractivity contribution in [3.05, 3.63) is 30.1 Å². The van der Waals surface area contributed by atoms with E-state index in [-0.39, 0.29) is 24.4 Å². The van der Waals surface area contributed by atoms with Crippen LogP contribution in [0.2, 0.25) is 0 Å². The van der Waals surface area contributed by atoms with E-state index in [9.17, 15) is 9.18 Å². The Bertz CT molecular complexity index is 532. The van der Waals surface area contributed by atoms with Gasteiger partial charge in [-0.2, -0.15) is 5.26 Å². The molecule has 1 amide bonds. The highest BCUT2D eigenvalue weighted by Gasteiger charge is 2.31. The van der Waals surface area contributed by atoms with Gasteiger partial charge in [-0.25, -0.2) is 4.39 Å². The molecule has 0 saturated carbocycles. The fraction of sp³-hybridized carbons (Fsp3) is 0.500. The number of nitrogens with one attached hydrogen (secondary N) is 1. The van der Waals surface area contributed by atoms with Gasteiger partial charge in [0, 0.05) is 6.07 Å². The molecule has 0 aliphatic heterocycles. The van der Waals surface area contributed by atoms with Gasteiger partial charge in [0.2, 0.25) is 5.91 Å². The summed E-state index contributed by atoms with van der Waals surface area (Å²) in [6.45, 7) is 7.50. The Balaban J connectivity index is 2.52. The van der Waals surface area contributed by atoms with Crippen molar-refractivity contribution in [1.29, 1.82) is 5.26 Å². The fourth-order valence-electron chi connectivity index (χ4n) is 1.79. The van der Waals surface area contributed by atoms with Crippen LogP contribution in [0.3, 0.4) is 0 Å². The molecule has 0 radical (unpaired) electrons. The Hall–Kier alpha value is -2.09. The van der Waals surface area contributed by atoms with Gasteiger partial charge >= 0.3 is 0 Å². The van der Waals surface area contributed by atoms with Crippen LogP contribution in [0.4, 0.5) is 4.39 Å². The highest BCUT2D eigenvalue weighted by atomic mass is 19.1. The van der Waals surface area contributed by atoms with Crippen molar-refractivity contribution in [3.63, 3.8) is 0 Å². The third kappa shape index (κ3) is 5.42. The van der Waals surface area contributed by atoms with Crippen molar-refractivity contribution in [2.75, 3.05) is 6.61 Å². The maximum Gasteiger partial charge on any atom is 0.238 e. The summed E-state index contributed by atoms with van der Waals surface area (Å²) in [7, 11) is 0. The summed E-state index contributed by atoms with van der Waals surface area (Å²) in [6, 6.07) is 7.56. The van der Waals surface area contributed by atoms with E-state index in [4.69, 9.17) is 10.00 Å². The number of hydrogen-bond donors (Lipinski definition) is 1. The molecule has 4 nitrogen and oxygen atoms in total. The lowest BCUT2D eigenvalue weighted by molar-refractivity contribution is -0.126. The SMILES string of the molecule is C[C@@H](COc1cccc(F)c1)NC(=O)[C@@H](C#N)C(C)(C)C. The van der Waals surface area contributed by atoms with E-state index in [2.05, 4.69) is 5.32 Å². The third-order valence-corrected chi connectivity index (χ3v) is 2.94. The van der Waals surface area contributed by atoms with Crippen LogP contribution in [0.15, 0.2) is 24.3 Å². The van der Waals surface area contributed by atoms with E-state index in [0.29, 0.717) is 5.75 Å². The number of nitriles is 1. The number of carbonyl (C=O) groups is 1. The second-order valence-electron chi connectivity index (χ2n) is 6.11. The summed E-state index contributed by atoms with van der Waals surface area (Å²) < 4.78 is 18.4. The quantitative estimate of drug-likeness (QED) is 0.907. The van der Waals surface area contributed by atoms with Crippen molar-refractivity contribution in [3.8, 4) is 11.8 Å². The van der Waals surface area contributed by atoms with Gasteiger partial charge in [0.05, 0.1) is 12.1 Å². The number of nitrogens with zero attached hydrogens (tertiary/aromatic N) is 1. The minimum atomic E-state index is -0.728. The minimum absolute atomic E-state index is 0.206. The van der Waals surface area contributed by atoms with E-state index < -0.39 is 11.3 Å². The Labute approximate surface area is 124 Å². The molecule has 0 bridgehead atoms. The zero-order valence-electron chi connectivity index (χ0n) is 12.8. The predicted molar refractivity (Wildman–Crippen MR) is 78.1 cm³/mol. The number of hydrogen-bond acceptors (Lipinski definition) is 3. The lowest BCUT2D eigenvalue weighted by atomic mass is 9.81. The van der Waals surface area contributed by atoms with Gasteiger partial charge < -0.3 is 10.1 Å². The average Bonchev–Trinajstić information content (AvgIpc) is 2.35. The zero-order chi connectivity index (χ0) is 16.0. The average molecular weight is 292 g/mol. The second kappa shape index (κ2) is 7.07. The molecule has 5 heteroatoms. The number of ether oxygens (including phenoxy) is 1. The number of benzene rings is 1. The van der Waals surface area contributed by atoms with Crippen LogP contribution in [0.25, 0.3) is 0 Å². The van der Waals surface area contributed by atoms with Crippen LogP contribution < -0.4 is 10.1 Å². The largest absolute Gasteiger partial charge is 0.491 e. The van der Waals surface area contributed by atoms with E-state index in [0.717, 1.165) is 0 Å².